The van der Waals surface area contributed by atoms with E-state index in [2.05, 4.69) is 34.1 Å². The molecule has 0 unspecified atom stereocenters. The third-order valence-electron chi connectivity index (χ3n) is 5.58. The SMILES string of the molecule is CC(=O)Nc1ccc(CCN[C@H](CCc2ccccc2)C(N)=O)cc1.CCC(=O)NCc1cc[c]cc1. The van der Waals surface area contributed by atoms with Crippen molar-refractivity contribution in [2.24, 2.45) is 5.73 Å². The minimum atomic E-state index is -0.334. The van der Waals surface area contributed by atoms with Crippen molar-refractivity contribution in [3.8, 4) is 0 Å². The number of hydrogen-bond acceptors (Lipinski definition) is 4. The molecule has 5 N–H and O–H groups in total. The number of aryl methyl sites for hydroxylation is 1. The van der Waals surface area contributed by atoms with Crippen molar-refractivity contribution in [1.82, 2.24) is 10.6 Å². The number of carbonyl (C=O) groups excluding carboxylic acids is 3. The normalized spacial score (nSPS) is 11.0. The van der Waals surface area contributed by atoms with Gasteiger partial charge in [0.1, 0.15) is 0 Å². The Hall–Kier alpha value is -3.97. The molecule has 0 aromatic heterocycles. The van der Waals surface area contributed by atoms with Gasteiger partial charge in [0.2, 0.25) is 17.7 Å². The maximum atomic E-state index is 11.6. The number of primary amides is 1. The Balaban J connectivity index is 0.000000335. The molecule has 3 aromatic rings. The highest BCUT2D eigenvalue weighted by Gasteiger charge is 2.14. The van der Waals surface area contributed by atoms with Crippen LogP contribution in [0, 0.1) is 6.07 Å². The first-order valence-electron chi connectivity index (χ1n) is 12.5. The highest BCUT2D eigenvalue weighted by molar-refractivity contribution is 5.88. The molecule has 0 aliphatic heterocycles. The van der Waals surface area contributed by atoms with E-state index in [1.165, 1.54) is 12.5 Å². The topological polar surface area (TPSA) is 113 Å². The zero-order chi connectivity index (χ0) is 26.9. The zero-order valence-electron chi connectivity index (χ0n) is 21.6. The minimum Gasteiger partial charge on any atom is -0.368 e. The van der Waals surface area contributed by atoms with Gasteiger partial charge in [0, 0.05) is 25.6 Å². The van der Waals surface area contributed by atoms with Crippen LogP contribution in [0.3, 0.4) is 0 Å². The smallest absolute Gasteiger partial charge is 0.234 e. The van der Waals surface area contributed by atoms with Crippen LogP contribution in [0.4, 0.5) is 5.69 Å². The summed E-state index contributed by atoms with van der Waals surface area (Å²) >= 11 is 0. The van der Waals surface area contributed by atoms with E-state index in [0.717, 1.165) is 29.7 Å². The molecule has 0 fully saturated rings. The number of amides is 3. The molecule has 0 saturated carbocycles. The van der Waals surface area contributed by atoms with E-state index in [1.54, 1.807) is 0 Å². The third-order valence-corrected chi connectivity index (χ3v) is 5.58. The molecule has 0 aliphatic rings. The molecule has 3 amide bonds. The average molecular weight is 502 g/mol. The van der Waals surface area contributed by atoms with E-state index < -0.39 is 0 Å². The number of nitrogens with two attached hydrogens (primary N) is 1. The number of carbonyl (C=O) groups is 3. The molecule has 0 bridgehead atoms. The molecule has 1 atom stereocenters. The van der Waals surface area contributed by atoms with Gasteiger partial charge in [-0.25, -0.2) is 0 Å². The summed E-state index contributed by atoms with van der Waals surface area (Å²) in [6, 6.07) is 27.9. The summed E-state index contributed by atoms with van der Waals surface area (Å²) < 4.78 is 0. The lowest BCUT2D eigenvalue weighted by molar-refractivity contribution is -0.121. The van der Waals surface area contributed by atoms with Gasteiger partial charge in [0.05, 0.1) is 6.04 Å². The summed E-state index contributed by atoms with van der Waals surface area (Å²) in [5, 5.41) is 8.77. The van der Waals surface area contributed by atoms with Crippen molar-refractivity contribution in [3.63, 3.8) is 0 Å². The Kier molecular flexibility index (Phi) is 13.2. The van der Waals surface area contributed by atoms with Crippen LogP contribution in [0.1, 0.15) is 43.4 Å². The van der Waals surface area contributed by atoms with Crippen molar-refractivity contribution in [2.45, 2.75) is 52.1 Å². The first-order valence-corrected chi connectivity index (χ1v) is 12.5. The second kappa shape index (κ2) is 16.7. The Bertz CT molecular complexity index is 1090. The summed E-state index contributed by atoms with van der Waals surface area (Å²) in [7, 11) is 0. The zero-order valence-corrected chi connectivity index (χ0v) is 21.6. The van der Waals surface area contributed by atoms with Gasteiger partial charge in [-0.2, -0.15) is 0 Å². The second-order valence-electron chi connectivity index (χ2n) is 8.60. The van der Waals surface area contributed by atoms with Gasteiger partial charge >= 0.3 is 0 Å². The molecular formula is C30H37N4O3. The van der Waals surface area contributed by atoms with Gasteiger partial charge in [-0.15, -0.1) is 0 Å². The summed E-state index contributed by atoms with van der Waals surface area (Å²) in [5.74, 6) is -0.322. The molecule has 0 heterocycles. The van der Waals surface area contributed by atoms with Gasteiger partial charge < -0.3 is 21.7 Å². The first kappa shape index (κ1) is 29.3. The Labute approximate surface area is 219 Å². The van der Waals surface area contributed by atoms with E-state index >= 15 is 0 Å². The third kappa shape index (κ3) is 12.5. The van der Waals surface area contributed by atoms with Crippen LogP contribution in [-0.2, 0) is 33.8 Å². The van der Waals surface area contributed by atoms with E-state index in [-0.39, 0.29) is 23.8 Å². The van der Waals surface area contributed by atoms with Gasteiger partial charge in [0.15, 0.2) is 0 Å². The minimum absolute atomic E-state index is 0.0860. The molecule has 3 aromatic carbocycles. The van der Waals surface area contributed by atoms with E-state index in [9.17, 15) is 14.4 Å². The van der Waals surface area contributed by atoms with Gasteiger partial charge in [-0.05, 0) is 60.7 Å². The van der Waals surface area contributed by atoms with Gasteiger partial charge in [-0.3, -0.25) is 14.4 Å². The van der Waals surface area contributed by atoms with Gasteiger partial charge in [-0.1, -0.05) is 73.7 Å². The van der Waals surface area contributed by atoms with Crippen molar-refractivity contribution in [3.05, 3.63) is 102 Å². The summed E-state index contributed by atoms with van der Waals surface area (Å²) in [6.07, 6.45) is 2.82. The lowest BCUT2D eigenvalue weighted by Crippen LogP contribution is -2.42. The molecule has 0 saturated heterocycles. The lowest BCUT2D eigenvalue weighted by Gasteiger charge is -2.15. The first-order chi connectivity index (χ1) is 17.9. The maximum Gasteiger partial charge on any atom is 0.234 e. The quantitative estimate of drug-likeness (QED) is 0.302. The predicted octanol–water partition coefficient (Wildman–Crippen LogP) is 3.78. The molecule has 0 spiro atoms. The van der Waals surface area contributed by atoms with Crippen molar-refractivity contribution < 1.29 is 14.4 Å². The number of nitrogens with one attached hydrogen (secondary N) is 3. The molecule has 7 nitrogen and oxygen atoms in total. The number of rotatable bonds is 12. The highest BCUT2D eigenvalue weighted by atomic mass is 16.2. The van der Waals surface area contributed by atoms with Crippen LogP contribution >= 0.6 is 0 Å². The van der Waals surface area contributed by atoms with Crippen molar-refractivity contribution in [1.29, 1.82) is 0 Å². The molecular weight excluding hydrogens is 464 g/mol. The van der Waals surface area contributed by atoms with Crippen molar-refractivity contribution >= 4 is 23.4 Å². The largest absolute Gasteiger partial charge is 0.368 e. The Morgan fingerprint density at radius 3 is 2.11 bits per heavy atom. The van der Waals surface area contributed by atoms with Crippen LogP contribution in [0.15, 0.2) is 78.9 Å². The number of hydrogen-bond donors (Lipinski definition) is 4. The van der Waals surface area contributed by atoms with E-state index in [4.69, 9.17) is 5.73 Å². The van der Waals surface area contributed by atoms with Crippen LogP contribution in [0.2, 0.25) is 0 Å². The monoisotopic (exact) mass is 501 g/mol. The summed E-state index contributed by atoms with van der Waals surface area (Å²) in [4.78, 5) is 33.5. The fraction of sp³-hybridized carbons (Fsp3) is 0.300. The Morgan fingerprint density at radius 2 is 1.51 bits per heavy atom. The second-order valence-corrected chi connectivity index (χ2v) is 8.60. The number of anilines is 1. The fourth-order valence-corrected chi connectivity index (χ4v) is 3.51. The van der Waals surface area contributed by atoms with Crippen LogP contribution < -0.4 is 21.7 Å². The summed E-state index contributed by atoms with van der Waals surface area (Å²) in [6.45, 7) is 4.61. The average Bonchev–Trinajstić information content (AvgIpc) is 2.91. The van der Waals surface area contributed by atoms with Gasteiger partial charge in [0.25, 0.3) is 0 Å². The molecule has 195 valence electrons. The highest BCUT2D eigenvalue weighted by Crippen LogP contribution is 2.10. The maximum absolute atomic E-state index is 11.6. The molecule has 1 radical (unpaired) electrons. The Morgan fingerprint density at radius 1 is 0.865 bits per heavy atom. The summed E-state index contributed by atoms with van der Waals surface area (Å²) in [5.41, 5.74) is 9.72. The van der Waals surface area contributed by atoms with Crippen LogP contribution in [0.5, 0.6) is 0 Å². The number of benzene rings is 3. The molecule has 7 heteroatoms. The molecule has 0 aliphatic carbocycles. The molecule has 3 rings (SSSR count). The van der Waals surface area contributed by atoms with Crippen LogP contribution in [-0.4, -0.2) is 30.3 Å². The fourth-order valence-electron chi connectivity index (χ4n) is 3.51. The predicted molar refractivity (Wildman–Crippen MR) is 148 cm³/mol. The van der Waals surface area contributed by atoms with Crippen molar-refractivity contribution in [2.75, 3.05) is 11.9 Å². The van der Waals surface area contributed by atoms with E-state index in [1.807, 2.05) is 73.7 Å². The standard InChI is InChI=1S/C20H25N3O2.C10H12NO/c1-15(24)23-18-10-7-17(8-11-18)13-14-22-19(20(21)25)12-9-16-5-3-2-4-6-16;1-2-10(12)11-8-9-6-4-3-5-7-9/h2-8,10-11,19,22H,9,12-14H2,1H3,(H2,21,25)(H,23,24);4-7H,2,8H2,1H3,(H,11,12)/t19-;/m1./s1. The lowest BCUT2D eigenvalue weighted by atomic mass is 10.0. The molecule has 37 heavy (non-hydrogen) atoms. The van der Waals surface area contributed by atoms with E-state index in [0.29, 0.717) is 25.9 Å². The van der Waals surface area contributed by atoms with Crippen LogP contribution in [0.25, 0.3) is 0 Å².